The van der Waals surface area contributed by atoms with Crippen LogP contribution in [-0.2, 0) is 9.59 Å². The van der Waals surface area contributed by atoms with Gasteiger partial charge in [-0.1, -0.05) is 12.1 Å². The van der Waals surface area contributed by atoms with E-state index in [0.717, 1.165) is 44.6 Å². The molecule has 3 rings (SSSR count). The summed E-state index contributed by atoms with van der Waals surface area (Å²) in [5.41, 5.74) is 0.702. The lowest BCUT2D eigenvalue weighted by atomic mass is 9.69. The molecule has 0 saturated heterocycles. The first-order valence-corrected chi connectivity index (χ1v) is 11.0. The molecule has 31 heavy (non-hydrogen) atoms. The van der Waals surface area contributed by atoms with Gasteiger partial charge in [-0.25, -0.2) is 4.79 Å². The third-order valence-corrected chi connectivity index (χ3v) is 6.70. The Morgan fingerprint density at radius 1 is 0.935 bits per heavy atom. The van der Waals surface area contributed by atoms with Gasteiger partial charge in [-0.05, 0) is 92.9 Å². The molecule has 0 aromatic heterocycles. The van der Waals surface area contributed by atoms with Crippen molar-refractivity contribution < 1.29 is 32.6 Å². The smallest absolute Gasteiger partial charge is 0.389 e. The summed E-state index contributed by atoms with van der Waals surface area (Å²) >= 11 is 0. The molecule has 0 radical (unpaired) electrons. The number of hydrogen-bond donors (Lipinski definition) is 1. The number of alkyl halides is 3. The topological polar surface area (TPSA) is 63.6 Å². The molecule has 170 valence electrons. The standard InChI is InChI=1S/C24H29F3O4/c25-24(26,27)15-17-1-6-18(7-2-17)19-8-10-20(11-9-19)23(30)31-21-12-3-16(4-13-21)5-14-22(28)29/h3-5,12-14,17-20H,1-2,6-11,15H2,(H,28,29)/b14-5+. The van der Waals surface area contributed by atoms with E-state index in [1.165, 1.54) is 6.08 Å². The average Bonchev–Trinajstić information content (AvgIpc) is 2.73. The zero-order chi connectivity index (χ0) is 22.4. The highest BCUT2D eigenvalue weighted by molar-refractivity contribution is 5.85. The van der Waals surface area contributed by atoms with Gasteiger partial charge in [0, 0.05) is 12.5 Å². The fourth-order valence-electron chi connectivity index (χ4n) is 5.03. The summed E-state index contributed by atoms with van der Waals surface area (Å²) in [6.07, 6.45) is 4.19. The van der Waals surface area contributed by atoms with Crippen LogP contribution >= 0.6 is 0 Å². The fourth-order valence-corrected chi connectivity index (χ4v) is 5.03. The van der Waals surface area contributed by atoms with Crippen LogP contribution in [0.15, 0.2) is 30.3 Å². The number of rotatable bonds is 6. The number of aliphatic carboxylic acids is 1. The Balaban J connectivity index is 1.41. The lowest BCUT2D eigenvalue weighted by Crippen LogP contribution is -2.30. The Bertz CT molecular complexity index is 769. The second-order valence-corrected chi connectivity index (χ2v) is 8.87. The largest absolute Gasteiger partial charge is 0.478 e. The van der Waals surface area contributed by atoms with Gasteiger partial charge < -0.3 is 9.84 Å². The molecule has 2 fully saturated rings. The number of halogens is 3. The molecule has 1 aromatic carbocycles. The van der Waals surface area contributed by atoms with Crippen LogP contribution in [0.3, 0.4) is 0 Å². The molecular formula is C24H29F3O4. The van der Waals surface area contributed by atoms with Gasteiger partial charge in [-0.2, -0.15) is 13.2 Å². The number of carbonyl (C=O) groups is 2. The predicted molar refractivity (Wildman–Crippen MR) is 110 cm³/mol. The van der Waals surface area contributed by atoms with E-state index >= 15 is 0 Å². The van der Waals surface area contributed by atoms with Crippen LogP contribution in [0.2, 0.25) is 0 Å². The third-order valence-electron chi connectivity index (χ3n) is 6.70. The molecule has 0 unspecified atom stereocenters. The van der Waals surface area contributed by atoms with E-state index in [-0.39, 0.29) is 17.8 Å². The van der Waals surface area contributed by atoms with Crippen molar-refractivity contribution in [2.75, 3.05) is 0 Å². The minimum atomic E-state index is -4.06. The van der Waals surface area contributed by atoms with Crippen LogP contribution in [0, 0.1) is 23.7 Å². The molecule has 1 aromatic rings. The van der Waals surface area contributed by atoms with Crippen molar-refractivity contribution in [2.24, 2.45) is 23.7 Å². The highest BCUT2D eigenvalue weighted by Gasteiger charge is 2.37. The summed E-state index contributed by atoms with van der Waals surface area (Å²) in [6.45, 7) is 0. The molecule has 2 saturated carbocycles. The second-order valence-electron chi connectivity index (χ2n) is 8.87. The van der Waals surface area contributed by atoms with Crippen molar-refractivity contribution in [2.45, 2.75) is 64.0 Å². The van der Waals surface area contributed by atoms with Crippen molar-refractivity contribution in [3.8, 4) is 5.75 Å². The molecule has 7 heteroatoms. The lowest BCUT2D eigenvalue weighted by Gasteiger charge is -2.37. The van der Waals surface area contributed by atoms with Gasteiger partial charge in [-0.15, -0.1) is 0 Å². The number of carbonyl (C=O) groups excluding carboxylic acids is 1. The van der Waals surface area contributed by atoms with Crippen molar-refractivity contribution in [1.82, 2.24) is 0 Å². The molecule has 0 amide bonds. The number of ether oxygens (including phenoxy) is 1. The van der Waals surface area contributed by atoms with Crippen LogP contribution in [0.1, 0.15) is 63.4 Å². The number of benzene rings is 1. The Morgan fingerprint density at radius 3 is 2.00 bits per heavy atom. The van der Waals surface area contributed by atoms with E-state index in [1.54, 1.807) is 24.3 Å². The zero-order valence-corrected chi connectivity index (χ0v) is 17.4. The fraction of sp³-hybridized carbons (Fsp3) is 0.583. The van der Waals surface area contributed by atoms with E-state index in [1.807, 2.05) is 0 Å². The van der Waals surface area contributed by atoms with Gasteiger partial charge in [0.25, 0.3) is 0 Å². The summed E-state index contributed by atoms with van der Waals surface area (Å²) in [7, 11) is 0. The maximum Gasteiger partial charge on any atom is 0.389 e. The SMILES string of the molecule is O=C(O)/C=C/c1ccc(OC(=O)C2CCC(C3CCC(CC(F)(F)F)CC3)CC2)cc1. The first-order chi connectivity index (χ1) is 14.7. The minimum Gasteiger partial charge on any atom is -0.478 e. The predicted octanol–water partition coefficient (Wildman–Crippen LogP) is 6.26. The second kappa shape index (κ2) is 10.3. The van der Waals surface area contributed by atoms with E-state index < -0.39 is 18.6 Å². The van der Waals surface area contributed by atoms with Gasteiger partial charge in [-0.3, -0.25) is 4.79 Å². The molecule has 2 aliphatic carbocycles. The number of carboxylic acid groups (broad SMARTS) is 1. The summed E-state index contributed by atoms with van der Waals surface area (Å²) in [6, 6.07) is 6.66. The summed E-state index contributed by atoms with van der Waals surface area (Å²) < 4.78 is 43.2. The third kappa shape index (κ3) is 7.40. The first-order valence-electron chi connectivity index (χ1n) is 11.0. The number of hydrogen-bond acceptors (Lipinski definition) is 3. The minimum absolute atomic E-state index is 0.149. The van der Waals surface area contributed by atoms with Crippen molar-refractivity contribution in [3.05, 3.63) is 35.9 Å². The molecule has 1 N–H and O–H groups in total. The lowest BCUT2D eigenvalue weighted by molar-refractivity contribution is -0.147. The van der Waals surface area contributed by atoms with Gasteiger partial charge in [0.2, 0.25) is 0 Å². The van der Waals surface area contributed by atoms with Crippen LogP contribution in [-0.4, -0.2) is 23.2 Å². The van der Waals surface area contributed by atoms with Crippen LogP contribution in [0.25, 0.3) is 6.08 Å². The Kier molecular flexibility index (Phi) is 7.79. The Labute approximate surface area is 180 Å². The highest BCUT2D eigenvalue weighted by Crippen LogP contribution is 2.43. The summed E-state index contributed by atoms with van der Waals surface area (Å²) in [5, 5.41) is 8.65. The van der Waals surface area contributed by atoms with Crippen LogP contribution in [0.5, 0.6) is 5.75 Å². The summed E-state index contributed by atoms with van der Waals surface area (Å²) in [4.78, 5) is 23.1. The number of esters is 1. The van der Waals surface area contributed by atoms with Gasteiger partial charge in [0.15, 0.2) is 0 Å². The van der Waals surface area contributed by atoms with E-state index in [2.05, 4.69) is 0 Å². The van der Waals surface area contributed by atoms with Crippen LogP contribution < -0.4 is 4.74 Å². The average molecular weight is 438 g/mol. The van der Waals surface area contributed by atoms with E-state index in [4.69, 9.17) is 9.84 Å². The quantitative estimate of drug-likeness (QED) is 0.324. The van der Waals surface area contributed by atoms with Crippen molar-refractivity contribution in [3.63, 3.8) is 0 Å². The van der Waals surface area contributed by atoms with Crippen molar-refractivity contribution in [1.29, 1.82) is 0 Å². The van der Waals surface area contributed by atoms with E-state index in [0.29, 0.717) is 36.0 Å². The highest BCUT2D eigenvalue weighted by atomic mass is 19.4. The van der Waals surface area contributed by atoms with E-state index in [9.17, 15) is 22.8 Å². The van der Waals surface area contributed by atoms with Crippen molar-refractivity contribution >= 4 is 18.0 Å². The maximum absolute atomic E-state index is 12.6. The Hall–Kier alpha value is -2.31. The normalized spacial score (nSPS) is 27.2. The molecule has 0 heterocycles. The van der Waals surface area contributed by atoms with Gasteiger partial charge in [0.05, 0.1) is 5.92 Å². The zero-order valence-electron chi connectivity index (χ0n) is 17.4. The molecule has 4 nitrogen and oxygen atoms in total. The monoisotopic (exact) mass is 438 g/mol. The Morgan fingerprint density at radius 2 is 1.48 bits per heavy atom. The molecule has 2 aliphatic rings. The summed E-state index contributed by atoms with van der Waals surface area (Å²) in [5.74, 6) is -0.244. The molecule has 0 spiro atoms. The first kappa shape index (κ1) is 23.4. The maximum atomic E-state index is 12.6. The molecule has 0 bridgehead atoms. The molecule has 0 aliphatic heterocycles. The number of carboxylic acids is 1. The van der Waals surface area contributed by atoms with Gasteiger partial charge in [0.1, 0.15) is 5.75 Å². The van der Waals surface area contributed by atoms with Gasteiger partial charge >= 0.3 is 18.1 Å². The molecule has 0 atom stereocenters. The van der Waals surface area contributed by atoms with Crippen LogP contribution in [0.4, 0.5) is 13.2 Å². The molecular weight excluding hydrogens is 409 g/mol.